The SMILES string of the molecule is CC(CN1CCC(c2ccc3c(N4CCC(=O)NC4=O)nn(C)c3c2)CC1)Sc1cc(S(=O)(=O)N2CCC(Nc3ncc(Cl)cn3)CC2)ccc1C#N. The van der Waals surface area contributed by atoms with Crippen molar-refractivity contribution in [2.45, 2.75) is 66.0 Å². The second-order valence-electron chi connectivity index (χ2n) is 13.8. The molecule has 1 unspecified atom stereocenters. The first kappa shape index (κ1) is 37.1. The first-order valence-electron chi connectivity index (χ1n) is 17.7. The summed E-state index contributed by atoms with van der Waals surface area (Å²) in [7, 11) is -1.88. The highest BCUT2D eigenvalue weighted by Gasteiger charge is 2.32. The number of carbonyl (C=O) groups is 2. The van der Waals surface area contributed by atoms with Crippen LogP contribution in [-0.2, 0) is 21.9 Å². The number of benzene rings is 2. The van der Waals surface area contributed by atoms with Crippen LogP contribution in [-0.4, -0.2) is 99.9 Å². The number of fused-ring (bicyclic) bond motifs is 1. The van der Waals surface area contributed by atoms with Crippen LogP contribution < -0.4 is 15.5 Å². The van der Waals surface area contributed by atoms with Crippen LogP contribution in [0.5, 0.6) is 0 Å². The van der Waals surface area contributed by atoms with Crippen molar-refractivity contribution in [2.24, 2.45) is 7.05 Å². The summed E-state index contributed by atoms with van der Waals surface area (Å²) in [6, 6.07) is 13.0. The largest absolute Gasteiger partial charge is 0.351 e. The number of nitrogens with one attached hydrogen (secondary N) is 2. The molecule has 0 spiro atoms. The van der Waals surface area contributed by atoms with Gasteiger partial charge < -0.3 is 10.2 Å². The number of urea groups is 1. The number of likely N-dealkylation sites (tertiary alicyclic amines) is 1. The molecule has 14 nitrogen and oxygen atoms in total. The van der Waals surface area contributed by atoms with Crippen molar-refractivity contribution in [3.63, 3.8) is 0 Å². The van der Waals surface area contributed by atoms with Crippen LogP contribution in [0.1, 0.15) is 56.1 Å². The molecule has 5 heterocycles. The number of rotatable bonds is 10. The molecule has 2 aromatic carbocycles. The first-order chi connectivity index (χ1) is 25.5. The Kier molecular flexibility index (Phi) is 10.9. The minimum atomic E-state index is -3.75. The molecule has 17 heteroatoms. The summed E-state index contributed by atoms with van der Waals surface area (Å²) in [5, 5.41) is 21.6. The quantitative estimate of drug-likeness (QED) is 0.209. The number of nitrogens with zero attached hydrogens (tertiary/aromatic N) is 8. The van der Waals surface area contributed by atoms with E-state index in [0.29, 0.717) is 65.6 Å². The van der Waals surface area contributed by atoms with E-state index in [1.54, 1.807) is 28.6 Å². The fraction of sp³-hybridized carbons (Fsp3) is 0.444. The number of hydrogen-bond acceptors (Lipinski definition) is 11. The summed E-state index contributed by atoms with van der Waals surface area (Å²) >= 11 is 7.42. The van der Waals surface area contributed by atoms with Crippen LogP contribution in [0.15, 0.2) is 58.6 Å². The van der Waals surface area contributed by atoms with Crippen molar-refractivity contribution >= 4 is 68.0 Å². The predicted molar refractivity (Wildman–Crippen MR) is 204 cm³/mol. The number of hydrogen-bond donors (Lipinski definition) is 2. The predicted octanol–water partition coefficient (Wildman–Crippen LogP) is 4.96. The molecule has 2 N–H and O–H groups in total. The van der Waals surface area contributed by atoms with Gasteiger partial charge in [0.05, 0.1) is 33.4 Å². The summed E-state index contributed by atoms with van der Waals surface area (Å²) in [6.45, 7) is 5.79. The molecular weight excluding hydrogens is 736 g/mol. The molecule has 278 valence electrons. The maximum absolute atomic E-state index is 13.7. The second kappa shape index (κ2) is 15.6. The van der Waals surface area contributed by atoms with E-state index in [2.05, 4.69) is 55.7 Å². The van der Waals surface area contributed by atoms with Crippen molar-refractivity contribution in [1.82, 2.24) is 34.3 Å². The van der Waals surface area contributed by atoms with Gasteiger partial charge in [0.1, 0.15) is 6.07 Å². The minimum absolute atomic E-state index is 0.0452. The number of aryl methyl sites for hydroxylation is 1. The van der Waals surface area contributed by atoms with Gasteiger partial charge in [0.15, 0.2) is 5.82 Å². The van der Waals surface area contributed by atoms with Gasteiger partial charge in [-0.3, -0.25) is 19.7 Å². The summed E-state index contributed by atoms with van der Waals surface area (Å²) in [5.41, 5.74) is 2.64. The van der Waals surface area contributed by atoms with E-state index in [-0.39, 0.29) is 28.5 Å². The van der Waals surface area contributed by atoms with Gasteiger partial charge in [-0.25, -0.2) is 23.2 Å². The molecule has 0 aliphatic carbocycles. The molecule has 1 atom stereocenters. The second-order valence-corrected chi connectivity index (χ2v) is 17.7. The van der Waals surface area contributed by atoms with Crippen molar-refractivity contribution in [1.29, 1.82) is 5.26 Å². The van der Waals surface area contributed by atoms with Gasteiger partial charge >= 0.3 is 6.03 Å². The van der Waals surface area contributed by atoms with E-state index < -0.39 is 16.1 Å². The van der Waals surface area contributed by atoms with Crippen molar-refractivity contribution in [3.05, 3.63) is 64.9 Å². The Morgan fingerprint density at radius 2 is 1.77 bits per heavy atom. The molecular formula is C36H41ClN10O4S2. The number of amides is 3. The molecule has 0 bridgehead atoms. The highest BCUT2D eigenvalue weighted by atomic mass is 35.5. The molecule has 3 aliphatic rings. The van der Waals surface area contributed by atoms with Crippen LogP contribution in [0.4, 0.5) is 16.6 Å². The van der Waals surface area contributed by atoms with E-state index in [1.165, 1.54) is 33.2 Å². The normalized spacial score (nSPS) is 18.9. The average molecular weight is 777 g/mol. The number of halogens is 1. The van der Waals surface area contributed by atoms with Gasteiger partial charge in [-0.05, 0) is 80.6 Å². The minimum Gasteiger partial charge on any atom is -0.351 e. The van der Waals surface area contributed by atoms with Crippen LogP contribution in [0.25, 0.3) is 10.9 Å². The lowest BCUT2D eigenvalue weighted by Gasteiger charge is -2.34. The lowest BCUT2D eigenvalue weighted by atomic mass is 9.89. The number of piperidine rings is 2. The van der Waals surface area contributed by atoms with Crippen LogP contribution in [0.2, 0.25) is 5.02 Å². The Bertz CT molecular complexity index is 2160. The first-order valence-corrected chi connectivity index (χ1v) is 20.4. The average Bonchev–Trinajstić information content (AvgIpc) is 3.48. The van der Waals surface area contributed by atoms with Gasteiger partial charge in [0.25, 0.3) is 0 Å². The standard InChI is InChI=1S/C36H41ClN10O4S2/c1-23(22-45-12-7-24(8-13-45)25-4-6-30-31(17-25)44(2)43-34(30)47-16-11-33(48)42-36(47)49)52-32-18-29(5-3-26(32)19-38)53(50,51)46-14-9-28(10-15-46)41-35-39-20-27(37)21-40-35/h3-6,17-18,20-21,23-24,28H,7-16,22H2,1-2H3,(H,39,40,41)(H,42,48,49). The lowest BCUT2D eigenvalue weighted by molar-refractivity contribution is -0.120. The molecule has 3 saturated heterocycles. The monoisotopic (exact) mass is 776 g/mol. The highest BCUT2D eigenvalue weighted by molar-refractivity contribution is 8.00. The van der Waals surface area contributed by atoms with Gasteiger partial charge in [-0.15, -0.1) is 11.8 Å². The van der Waals surface area contributed by atoms with Crippen molar-refractivity contribution in [2.75, 3.05) is 49.5 Å². The smallest absolute Gasteiger partial charge is 0.329 e. The Labute approximate surface area is 317 Å². The maximum Gasteiger partial charge on any atom is 0.329 e. The zero-order valence-electron chi connectivity index (χ0n) is 29.5. The Morgan fingerprint density at radius 3 is 2.47 bits per heavy atom. The van der Waals surface area contributed by atoms with Gasteiger partial charge in [-0.1, -0.05) is 24.6 Å². The molecule has 53 heavy (non-hydrogen) atoms. The number of thioether (sulfide) groups is 1. The fourth-order valence-electron chi connectivity index (χ4n) is 7.35. The zero-order chi connectivity index (χ0) is 37.3. The summed E-state index contributed by atoms with van der Waals surface area (Å²) < 4.78 is 30.7. The van der Waals surface area contributed by atoms with Crippen LogP contribution >= 0.6 is 23.4 Å². The van der Waals surface area contributed by atoms with Crippen LogP contribution in [0.3, 0.4) is 0 Å². The van der Waals surface area contributed by atoms with Gasteiger partial charge in [0.2, 0.25) is 21.9 Å². The topological polar surface area (TPSA) is 169 Å². The van der Waals surface area contributed by atoms with E-state index in [1.807, 2.05) is 13.1 Å². The summed E-state index contributed by atoms with van der Waals surface area (Å²) in [4.78, 5) is 37.3. The molecule has 3 aliphatic heterocycles. The number of imide groups is 1. The van der Waals surface area contributed by atoms with Crippen LogP contribution in [0, 0.1) is 11.3 Å². The van der Waals surface area contributed by atoms with Gasteiger partial charge in [0, 0.05) is 61.2 Å². The van der Waals surface area contributed by atoms with E-state index >= 15 is 0 Å². The number of nitriles is 1. The Hall–Kier alpha value is -4.27. The van der Waals surface area contributed by atoms with E-state index in [4.69, 9.17) is 11.6 Å². The van der Waals surface area contributed by atoms with Crippen molar-refractivity contribution < 1.29 is 18.0 Å². The Morgan fingerprint density at radius 1 is 1.04 bits per heavy atom. The molecule has 4 aromatic rings. The third-order valence-corrected chi connectivity index (χ3v) is 13.4. The fourth-order valence-corrected chi connectivity index (χ4v) is 10.2. The third-order valence-electron chi connectivity index (χ3n) is 10.2. The third kappa shape index (κ3) is 8.14. The highest BCUT2D eigenvalue weighted by Crippen LogP contribution is 2.35. The molecule has 3 amide bonds. The van der Waals surface area contributed by atoms with E-state index in [9.17, 15) is 23.3 Å². The summed E-state index contributed by atoms with van der Waals surface area (Å²) in [6.07, 6.45) is 6.48. The molecule has 2 aromatic heterocycles. The van der Waals surface area contributed by atoms with Crippen molar-refractivity contribution in [3.8, 4) is 6.07 Å². The van der Waals surface area contributed by atoms with Gasteiger partial charge in [-0.2, -0.15) is 14.7 Å². The lowest BCUT2D eigenvalue weighted by Crippen LogP contribution is -2.49. The number of sulfonamides is 1. The number of aromatic nitrogens is 4. The molecule has 0 saturated carbocycles. The zero-order valence-corrected chi connectivity index (χ0v) is 31.9. The number of carbonyl (C=O) groups excluding carboxylic acids is 2. The molecule has 0 radical (unpaired) electrons. The van der Waals surface area contributed by atoms with E-state index in [0.717, 1.165) is 43.4 Å². The molecule has 3 fully saturated rings. The molecule has 7 rings (SSSR count). The number of anilines is 2. The Balaban J connectivity index is 0.939. The maximum atomic E-state index is 13.7. The summed E-state index contributed by atoms with van der Waals surface area (Å²) in [5.74, 6) is 1.13.